The molecule has 1 aliphatic heterocycles. The van der Waals surface area contributed by atoms with Crippen LogP contribution < -0.4 is 0 Å². The van der Waals surface area contributed by atoms with Gasteiger partial charge in [0.2, 0.25) is 5.91 Å². The van der Waals surface area contributed by atoms with Crippen LogP contribution in [-0.2, 0) is 16.8 Å². The van der Waals surface area contributed by atoms with E-state index in [0.717, 1.165) is 12.8 Å². The van der Waals surface area contributed by atoms with E-state index in [1.807, 2.05) is 11.8 Å². The molecule has 1 fully saturated rings. The molecule has 2 aromatic heterocycles. The van der Waals surface area contributed by atoms with Crippen LogP contribution in [0, 0.1) is 5.82 Å². The molecule has 140 valence electrons. The predicted molar refractivity (Wildman–Crippen MR) is 95.1 cm³/mol. The molecule has 3 heterocycles. The van der Waals surface area contributed by atoms with Crippen molar-refractivity contribution in [3.8, 4) is 11.5 Å². The Balaban J connectivity index is 1.50. The number of nitrogens with zero attached hydrogens (tertiary/aromatic N) is 5. The van der Waals surface area contributed by atoms with Crippen molar-refractivity contribution in [2.75, 3.05) is 13.1 Å². The van der Waals surface area contributed by atoms with Crippen LogP contribution in [0.15, 0.2) is 47.5 Å². The minimum atomic E-state index is -0.384. The Hall–Kier alpha value is -3.03. The van der Waals surface area contributed by atoms with Crippen LogP contribution in [0.25, 0.3) is 11.5 Å². The van der Waals surface area contributed by atoms with Gasteiger partial charge in [0.15, 0.2) is 5.82 Å². The van der Waals surface area contributed by atoms with Gasteiger partial charge >= 0.3 is 0 Å². The van der Waals surface area contributed by atoms with Crippen LogP contribution in [-0.4, -0.2) is 43.6 Å². The zero-order chi connectivity index (χ0) is 18.9. The van der Waals surface area contributed by atoms with Crippen molar-refractivity contribution in [3.05, 3.63) is 54.6 Å². The Kier molecular flexibility index (Phi) is 4.47. The van der Waals surface area contributed by atoms with Crippen molar-refractivity contribution in [3.63, 3.8) is 0 Å². The highest BCUT2D eigenvalue weighted by atomic mass is 19.1. The molecular formula is C19H20FN5O2. The van der Waals surface area contributed by atoms with Gasteiger partial charge in [-0.2, -0.15) is 4.98 Å². The van der Waals surface area contributed by atoms with Gasteiger partial charge in [-0.25, -0.2) is 9.37 Å². The molecule has 8 heteroatoms. The summed E-state index contributed by atoms with van der Waals surface area (Å²) in [6.07, 6.45) is 6.80. The van der Waals surface area contributed by atoms with Gasteiger partial charge in [0.1, 0.15) is 12.4 Å². The fraction of sp³-hybridized carbons (Fsp3) is 0.368. The van der Waals surface area contributed by atoms with Crippen molar-refractivity contribution >= 4 is 5.91 Å². The monoisotopic (exact) mass is 369 g/mol. The lowest BCUT2D eigenvalue weighted by molar-refractivity contribution is -0.134. The number of carbonyl (C=O) groups is 1. The SMILES string of the molecule is CC1(c2noc(-c3ccc(F)cc3)n2)CCCN(C(=O)Cn2ccnc2)C1. The average molecular weight is 369 g/mol. The number of benzene rings is 1. The van der Waals surface area contributed by atoms with E-state index in [-0.39, 0.29) is 23.7 Å². The largest absolute Gasteiger partial charge is 0.340 e. The van der Waals surface area contributed by atoms with Gasteiger partial charge in [0.25, 0.3) is 5.89 Å². The van der Waals surface area contributed by atoms with Crippen molar-refractivity contribution in [1.82, 2.24) is 24.6 Å². The predicted octanol–water partition coefficient (Wildman–Crippen LogP) is 2.65. The van der Waals surface area contributed by atoms with E-state index in [1.54, 1.807) is 35.4 Å². The van der Waals surface area contributed by atoms with E-state index < -0.39 is 0 Å². The van der Waals surface area contributed by atoms with Crippen LogP contribution >= 0.6 is 0 Å². The summed E-state index contributed by atoms with van der Waals surface area (Å²) >= 11 is 0. The van der Waals surface area contributed by atoms with E-state index in [4.69, 9.17) is 4.52 Å². The van der Waals surface area contributed by atoms with Gasteiger partial charge < -0.3 is 14.0 Å². The van der Waals surface area contributed by atoms with Crippen LogP contribution in [0.4, 0.5) is 4.39 Å². The number of rotatable bonds is 4. The Morgan fingerprint density at radius 1 is 1.33 bits per heavy atom. The second-order valence-corrected chi connectivity index (χ2v) is 7.14. The van der Waals surface area contributed by atoms with Crippen molar-refractivity contribution < 1.29 is 13.7 Å². The lowest BCUT2D eigenvalue weighted by Gasteiger charge is -2.38. The molecule has 0 N–H and O–H groups in total. The number of imidazole rings is 1. The van der Waals surface area contributed by atoms with Gasteiger partial charge in [-0.05, 0) is 37.1 Å². The molecule has 1 aromatic carbocycles. The Morgan fingerprint density at radius 3 is 2.89 bits per heavy atom. The summed E-state index contributed by atoms with van der Waals surface area (Å²) in [5.74, 6) is 0.654. The van der Waals surface area contributed by atoms with Crippen LogP contribution in [0.2, 0.25) is 0 Å². The first-order valence-electron chi connectivity index (χ1n) is 8.87. The molecule has 7 nitrogen and oxygen atoms in total. The topological polar surface area (TPSA) is 77.0 Å². The lowest BCUT2D eigenvalue weighted by Crippen LogP contribution is -2.48. The molecule has 1 unspecified atom stereocenters. The third-order valence-corrected chi connectivity index (χ3v) is 4.98. The molecule has 1 amide bonds. The molecule has 1 atom stereocenters. The number of piperidine rings is 1. The molecule has 0 aliphatic carbocycles. The zero-order valence-corrected chi connectivity index (χ0v) is 15.0. The molecular weight excluding hydrogens is 349 g/mol. The molecule has 1 aliphatic rings. The van der Waals surface area contributed by atoms with E-state index in [1.165, 1.54) is 12.1 Å². The highest BCUT2D eigenvalue weighted by Crippen LogP contribution is 2.33. The van der Waals surface area contributed by atoms with Gasteiger partial charge in [-0.1, -0.05) is 12.1 Å². The van der Waals surface area contributed by atoms with E-state index in [9.17, 15) is 9.18 Å². The van der Waals surface area contributed by atoms with E-state index >= 15 is 0 Å². The van der Waals surface area contributed by atoms with Crippen molar-refractivity contribution in [2.24, 2.45) is 0 Å². The second kappa shape index (κ2) is 6.94. The molecule has 27 heavy (non-hydrogen) atoms. The average Bonchev–Trinajstić information content (AvgIpc) is 3.34. The van der Waals surface area contributed by atoms with Gasteiger partial charge in [0.05, 0.1) is 6.33 Å². The molecule has 0 bridgehead atoms. The quantitative estimate of drug-likeness (QED) is 0.707. The van der Waals surface area contributed by atoms with Gasteiger partial charge in [0, 0.05) is 36.5 Å². The molecule has 1 saturated heterocycles. The zero-order valence-electron chi connectivity index (χ0n) is 15.0. The fourth-order valence-corrected chi connectivity index (χ4v) is 3.45. The van der Waals surface area contributed by atoms with Crippen LogP contribution in [0.3, 0.4) is 0 Å². The first-order chi connectivity index (χ1) is 13.0. The van der Waals surface area contributed by atoms with E-state index in [2.05, 4.69) is 15.1 Å². The van der Waals surface area contributed by atoms with Crippen molar-refractivity contribution in [2.45, 2.75) is 31.7 Å². The van der Waals surface area contributed by atoms with Gasteiger partial charge in [-0.15, -0.1) is 0 Å². The number of hydrogen-bond acceptors (Lipinski definition) is 5. The Morgan fingerprint density at radius 2 is 2.15 bits per heavy atom. The number of aromatic nitrogens is 4. The van der Waals surface area contributed by atoms with Crippen LogP contribution in [0.5, 0.6) is 0 Å². The maximum absolute atomic E-state index is 13.1. The standard InChI is InChI=1S/C19H20FN5O2/c1-19(18-22-17(27-23-18)14-3-5-15(20)6-4-14)7-2-9-25(12-19)16(26)11-24-10-8-21-13-24/h3-6,8,10,13H,2,7,9,11-12H2,1H3. The van der Waals surface area contributed by atoms with Gasteiger partial charge in [-0.3, -0.25) is 4.79 Å². The number of hydrogen-bond donors (Lipinski definition) is 0. The molecule has 0 spiro atoms. The fourth-order valence-electron chi connectivity index (χ4n) is 3.45. The first-order valence-corrected chi connectivity index (χ1v) is 8.87. The summed E-state index contributed by atoms with van der Waals surface area (Å²) in [7, 11) is 0. The van der Waals surface area contributed by atoms with E-state index in [0.29, 0.717) is 30.4 Å². The Bertz CT molecular complexity index is 922. The highest BCUT2D eigenvalue weighted by Gasteiger charge is 2.38. The maximum atomic E-state index is 13.1. The third-order valence-electron chi connectivity index (χ3n) is 4.98. The normalized spacial score (nSPS) is 20.0. The summed E-state index contributed by atoms with van der Waals surface area (Å²) in [5, 5.41) is 4.15. The number of carbonyl (C=O) groups excluding carboxylic acids is 1. The molecule has 0 saturated carbocycles. The number of likely N-dealkylation sites (tertiary alicyclic amines) is 1. The van der Waals surface area contributed by atoms with Crippen molar-refractivity contribution in [1.29, 1.82) is 0 Å². The Labute approximate surface area is 155 Å². The first kappa shape index (κ1) is 17.4. The third kappa shape index (κ3) is 3.60. The minimum absolute atomic E-state index is 0.0428. The lowest BCUT2D eigenvalue weighted by atomic mass is 9.81. The summed E-state index contributed by atoms with van der Waals surface area (Å²) in [5.41, 5.74) is 0.285. The van der Waals surface area contributed by atoms with Crippen LogP contribution in [0.1, 0.15) is 25.6 Å². The highest BCUT2D eigenvalue weighted by molar-refractivity contribution is 5.76. The number of amides is 1. The summed E-state index contributed by atoms with van der Waals surface area (Å²) < 4.78 is 20.3. The molecule has 0 radical (unpaired) electrons. The smallest absolute Gasteiger partial charge is 0.257 e. The molecule has 4 rings (SSSR count). The number of halogens is 1. The second-order valence-electron chi connectivity index (χ2n) is 7.14. The summed E-state index contributed by atoms with van der Waals surface area (Å²) in [6.45, 7) is 3.56. The summed E-state index contributed by atoms with van der Waals surface area (Å²) in [6, 6.07) is 5.93. The summed E-state index contributed by atoms with van der Waals surface area (Å²) in [4.78, 5) is 23.0. The molecule has 3 aromatic rings. The minimum Gasteiger partial charge on any atom is -0.340 e. The maximum Gasteiger partial charge on any atom is 0.257 e.